The van der Waals surface area contributed by atoms with Crippen LogP contribution in [-0.2, 0) is 0 Å². The Morgan fingerprint density at radius 1 is 1.56 bits per heavy atom. The van der Waals surface area contributed by atoms with Gasteiger partial charge in [-0.25, -0.2) is 0 Å². The van der Waals surface area contributed by atoms with Crippen molar-refractivity contribution >= 4 is 33.4 Å². The van der Waals surface area contributed by atoms with Crippen molar-refractivity contribution in [2.75, 3.05) is 18.4 Å². The van der Waals surface area contributed by atoms with Gasteiger partial charge in [-0.3, -0.25) is 4.79 Å². The van der Waals surface area contributed by atoms with Gasteiger partial charge >= 0.3 is 0 Å². The van der Waals surface area contributed by atoms with Crippen LogP contribution in [0.4, 0.5) is 0 Å². The number of hydrogen-bond acceptors (Lipinski definition) is 1. The molecular weight excluding hydrogens is 314 g/mol. The van der Waals surface area contributed by atoms with Crippen LogP contribution >= 0.6 is 27.5 Å². The maximum Gasteiger partial charge on any atom is 0.255 e. The Balaban J connectivity index is 2.08. The summed E-state index contributed by atoms with van der Waals surface area (Å²) < 4.78 is 0. The van der Waals surface area contributed by atoms with Gasteiger partial charge in [0.25, 0.3) is 5.91 Å². The molecule has 1 unspecified atom stereocenters. The van der Waals surface area contributed by atoms with Gasteiger partial charge in [0.2, 0.25) is 0 Å². The minimum absolute atomic E-state index is 0.0667. The summed E-state index contributed by atoms with van der Waals surface area (Å²) in [5.41, 5.74) is 1.71. The van der Waals surface area contributed by atoms with Crippen LogP contribution in [0.15, 0.2) is 18.2 Å². The molecule has 4 heteroatoms. The zero-order valence-corrected chi connectivity index (χ0v) is 12.8. The van der Waals surface area contributed by atoms with Crippen LogP contribution in [0.1, 0.15) is 28.8 Å². The van der Waals surface area contributed by atoms with Gasteiger partial charge in [0.1, 0.15) is 0 Å². The van der Waals surface area contributed by atoms with Crippen LogP contribution in [-0.4, -0.2) is 29.2 Å². The fourth-order valence-electron chi connectivity index (χ4n) is 2.37. The maximum atomic E-state index is 12.4. The van der Waals surface area contributed by atoms with E-state index in [0.717, 1.165) is 36.8 Å². The molecule has 0 spiro atoms. The van der Waals surface area contributed by atoms with Crippen LogP contribution in [0.2, 0.25) is 5.02 Å². The number of likely N-dealkylation sites (tertiary alicyclic amines) is 1. The number of halogens is 2. The standard InChI is InChI=1S/C14H17BrClNO/c1-10-2-3-12(13(16)8-10)14(18)17-7-5-11(9-17)4-6-15/h2-3,8,11H,4-7,9H2,1H3. The molecular formula is C14H17BrClNO. The first-order valence-corrected chi connectivity index (χ1v) is 7.73. The smallest absolute Gasteiger partial charge is 0.255 e. The minimum atomic E-state index is 0.0667. The molecule has 0 radical (unpaired) electrons. The lowest BCUT2D eigenvalue weighted by Crippen LogP contribution is -2.29. The van der Waals surface area contributed by atoms with Crippen molar-refractivity contribution in [2.45, 2.75) is 19.8 Å². The molecule has 1 fully saturated rings. The first kappa shape index (κ1) is 13.9. The largest absolute Gasteiger partial charge is 0.338 e. The Morgan fingerprint density at radius 3 is 3.00 bits per heavy atom. The molecule has 2 nitrogen and oxygen atoms in total. The van der Waals surface area contributed by atoms with Crippen molar-refractivity contribution in [3.63, 3.8) is 0 Å². The summed E-state index contributed by atoms with van der Waals surface area (Å²) in [6.07, 6.45) is 2.23. The molecule has 0 aromatic heterocycles. The molecule has 98 valence electrons. The van der Waals surface area contributed by atoms with E-state index in [1.807, 2.05) is 30.0 Å². The first-order valence-electron chi connectivity index (χ1n) is 6.23. The summed E-state index contributed by atoms with van der Waals surface area (Å²) in [5, 5.41) is 1.56. The highest BCUT2D eigenvalue weighted by atomic mass is 79.9. The Kier molecular flexibility index (Phi) is 4.68. The van der Waals surface area contributed by atoms with Crippen molar-refractivity contribution in [1.29, 1.82) is 0 Å². The van der Waals surface area contributed by atoms with E-state index in [4.69, 9.17) is 11.6 Å². The fourth-order valence-corrected chi connectivity index (χ4v) is 3.33. The summed E-state index contributed by atoms with van der Waals surface area (Å²) in [5.74, 6) is 0.689. The van der Waals surface area contributed by atoms with Gasteiger partial charge in [0.05, 0.1) is 10.6 Å². The summed E-state index contributed by atoms with van der Waals surface area (Å²) in [7, 11) is 0. The van der Waals surface area contributed by atoms with Crippen molar-refractivity contribution in [3.05, 3.63) is 34.3 Å². The first-order chi connectivity index (χ1) is 8.61. The number of carbonyl (C=O) groups is 1. The Hall–Kier alpha value is -0.540. The number of rotatable bonds is 3. The SMILES string of the molecule is Cc1ccc(C(=O)N2CCC(CCBr)C2)c(Cl)c1. The Morgan fingerprint density at radius 2 is 2.33 bits per heavy atom. The molecule has 1 aromatic carbocycles. The Labute approximate surface area is 121 Å². The van der Waals surface area contributed by atoms with Gasteiger partial charge in [0, 0.05) is 18.4 Å². The summed E-state index contributed by atoms with van der Waals surface area (Å²) in [4.78, 5) is 14.3. The van der Waals surface area contributed by atoms with Crippen LogP contribution in [0, 0.1) is 12.8 Å². The highest BCUT2D eigenvalue weighted by Crippen LogP contribution is 2.25. The van der Waals surface area contributed by atoms with Gasteiger partial charge in [-0.05, 0) is 43.4 Å². The van der Waals surface area contributed by atoms with Gasteiger partial charge in [-0.15, -0.1) is 0 Å². The van der Waals surface area contributed by atoms with E-state index in [2.05, 4.69) is 15.9 Å². The number of aryl methyl sites for hydroxylation is 1. The lowest BCUT2D eigenvalue weighted by Gasteiger charge is -2.17. The van der Waals surface area contributed by atoms with E-state index in [0.29, 0.717) is 16.5 Å². The predicted molar refractivity (Wildman–Crippen MR) is 78.6 cm³/mol. The van der Waals surface area contributed by atoms with E-state index >= 15 is 0 Å². The fraction of sp³-hybridized carbons (Fsp3) is 0.500. The summed E-state index contributed by atoms with van der Waals surface area (Å²) in [6, 6.07) is 5.61. The predicted octanol–water partition coefficient (Wildman–Crippen LogP) is 3.90. The van der Waals surface area contributed by atoms with Crippen LogP contribution in [0.5, 0.6) is 0 Å². The summed E-state index contributed by atoms with van der Waals surface area (Å²) >= 11 is 9.60. The Bertz CT molecular complexity index is 449. The van der Waals surface area contributed by atoms with E-state index in [9.17, 15) is 4.79 Å². The van der Waals surface area contributed by atoms with Crippen molar-refractivity contribution < 1.29 is 4.79 Å². The molecule has 1 atom stereocenters. The molecule has 1 heterocycles. The van der Waals surface area contributed by atoms with Crippen LogP contribution in [0.3, 0.4) is 0 Å². The van der Waals surface area contributed by atoms with Crippen molar-refractivity contribution in [2.24, 2.45) is 5.92 Å². The zero-order chi connectivity index (χ0) is 13.1. The molecule has 1 aromatic rings. The second kappa shape index (κ2) is 6.07. The third kappa shape index (κ3) is 3.07. The average Bonchev–Trinajstić information content (AvgIpc) is 2.77. The average molecular weight is 331 g/mol. The van der Waals surface area contributed by atoms with E-state index in [1.165, 1.54) is 0 Å². The van der Waals surface area contributed by atoms with E-state index < -0.39 is 0 Å². The second-order valence-electron chi connectivity index (χ2n) is 4.87. The molecule has 2 rings (SSSR count). The molecule has 18 heavy (non-hydrogen) atoms. The lowest BCUT2D eigenvalue weighted by molar-refractivity contribution is 0.0787. The third-order valence-corrected chi connectivity index (χ3v) is 4.22. The number of hydrogen-bond donors (Lipinski definition) is 0. The molecule has 0 saturated carbocycles. The van der Waals surface area contributed by atoms with E-state index in [-0.39, 0.29) is 5.91 Å². The molecule has 0 aliphatic carbocycles. The number of nitrogens with zero attached hydrogens (tertiary/aromatic N) is 1. The normalized spacial score (nSPS) is 19.3. The third-order valence-electron chi connectivity index (χ3n) is 3.45. The van der Waals surface area contributed by atoms with Gasteiger partial charge in [-0.1, -0.05) is 33.6 Å². The van der Waals surface area contributed by atoms with E-state index in [1.54, 1.807) is 0 Å². The topological polar surface area (TPSA) is 20.3 Å². The summed E-state index contributed by atoms with van der Waals surface area (Å²) in [6.45, 7) is 3.68. The molecule has 1 amide bonds. The quantitative estimate of drug-likeness (QED) is 0.770. The van der Waals surface area contributed by atoms with Crippen LogP contribution in [0.25, 0.3) is 0 Å². The minimum Gasteiger partial charge on any atom is -0.338 e. The molecule has 1 aliphatic rings. The number of amides is 1. The zero-order valence-electron chi connectivity index (χ0n) is 10.5. The van der Waals surface area contributed by atoms with Crippen LogP contribution < -0.4 is 0 Å². The molecule has 0 N–H and O–H groups in total. The lowest BCUT2D eigenvalue weighted by atomic mass is 10.1. The van der Waals surface area contributed by atoms with Crippen molar-refractivity contribution in [3.8, 4) is 0 Å². The monoisotopic (exact) mass is 329 g/mol. The van der Waals surface area contributed by atoms with Gasteiger partial charge in [-0.2, -0.15) is 0 Å². The van der Waals surface area contributed by atoms with Crippen molar-refractivity contribution in [1.82, 2.24) is 4.90 Å². The van der Waals surface area contributed by atoms with Gasteiger partial charge in [0.15, 0.2) is 0 Å². The number of carbonyl (C=O) groups excluding carboxylic acids is 1. The second-order valence-corrected chi connectivity index (χ2v) is 6.07. The highest BCUT2D eigenvalue weighted by Gasteiger charge is 2.27. The van der Waals surface area contributed by atoms with Gasteiger partial charge < -0.3 is 4.90 Å². The molecule has 1 saturated heterocycles. The molecule has 0 bridgehead atoms. The highest BCUT2D eigenvalue weighted by molar-refractivity contribution is 9.09. The number of benzene rings is 1. The molecule has 1 aliphatic heterocycles. The maximum absolute atomic E-state index is 12.4. The number of alkyl halides is 1.